The summed E-state index contributed by atoms with van der Waals surface area (Å²) in [4.78, 5) is 12.1. The van der Waals surface area contributed by atoms with Crippen LogP contribution in [0, 0.1) is 12.7 Å². The molecule has 1 amide bonds. The van der Waals surface area contributed by atoms with Crippen molar-refractivity contribution < 1.29 is 13.9 Å². The van der Waals surface area contributed by atoms with Gasteiger partial charge < -0.3 is 10.1 Å². The van der Waals surface area contributed by atoms with E-state index in [1.54, 1.807) is 18.2 Å². The molecule has 3 nitrogen and oxygen atoms in total. The molecule has 1 N–H and O–H groups in total. The predicted molar refractivity (Wildman–Crippen MR) is 98.9 cm³/mol. The van der Waals surface area contributed by atoms with E-state index in [0.717, 1.165) is 5.56 Å². The number of benzene rings is 2. The quantitative estimate of drug-likeness (QED) is 0.728. The molecule has 0 fully saturated rings. The van der Waals surface area contributed by atoms with Gasteiger partial charge in [-0.25, -0.2) is 4.39 Å². The van der Waals surface area contributed by atoms with E-state index in [-0.39, 0.29) is 17.5 Å². The van der Waals surface area contributed by atoms with Crippen LogP contribution in [0.2, 0.25) is 10.0 Å². The smallest absolute Gasteiger partial charge is 0.234 e. The van der Waals surface area contributed by atoms with Gasteiger partial charge in [0.1, 0.15) is 11.6 Å². The van der Waals surface area contributed by atoms with Crippen molar-refractivity contribution in [3.05, 3.63) is 57.3 Å². The van der Waals surface area contributed by atoms with Crippen LogP contribution >= 0.6 is 35.0 Å². The van der Waals surface area contributed by atoms with Crippen LogP contribution in [-0.4, -0.2) is 18.8 Å². The number of carbonyl (C=O) groups excluding carboxylic acids is 1. The normalized spacial score (nSPS) is 10.5. The van der Waals surface area contributed by atoms with Gasteiger partial charge in [0.05, 0.1) is 28.6 Å². The summed E-state index contributed by atoms with van der Waals surface area (Å²) in [6.45, 7) is 1.83. The molecule has 0 aliphatic rings. The second-order valence-electron chi connectivity index (χ2n) is 5.05. The van der Waals surface area contributed by atoms with Crippen molar-refractivity contribution in [3.8, 4) is 5.75 Å². The van der Waals surface area contributed by atoms with Crippen LogP contribution in [0.1, 0.15) is 11.1 Å². The monoisotopic (exact) mass is 387 g/mol. The Morgan fingerprint density at radius 3 is 2.75 bits per heavy atom. The summed E-state index contributed by atoms with van der Waals surface area (Å²) in [6.07, 6.45) is 0. The minimum absolute atomic E-state index is 0.181. The molecule has 0 aromatic heterocycles. The lowest BCUT2D eigenvalue weighted by molar-refractivity contribution is -0.113. The Balaban J connectivity index is 1.95. The van der Waals surface area contributed by atoms with E-state index in [1.165, 1.54) is 31.0 Å². The Bertz CT molecular complexity index is 756. The fourth-order valence-electron chi connectivity index (χ4n) is 2.06. The molecular formula is C17H16Cl2FNO2S. The van der Waals surface area contributed by atoms with Crippen molar-refractivity contribution >= 4 is 46.6 Å². The number of ether oxygens (including phenoxy) is 1. The van der Waals surface area contributed by atoms with Crippen molar-refractivity contribution in [1.29, 1.82) is 0 Å². The molecule has 0 heterocycles. The molecule has 0 aliphatic carbocycles. The van der Waals surface area contributed by atoms with Crippen molar-refractivity contribution in [2.45, 2.75) is 12.7 Å². The number of thioether (sulfide) groups is 1. The summed E-state index contributed by atoms with van der Waals surface area (Å²) in [6, 6.07) is 7.77. The maximum atomic E-state index is 13.3. The number of hydrogen-bond acceptors (Lipinski definition) is 3. The summed E-state index contributed by atoms with van der Waals surface area (Å²) in [5.41, 5.74) is 1.93. The van der Waals surface area contributed by atoms with Gasteiger partial charge in [0.2, 0.25) is 5.91 Å². The summed E-state index contributed by atoms with van der Waals surface area (Å²) in [5.74, 6) is 0.650. The zero-order valence-electron chi connectivity index (χ0n) is 13.2. The van der Waals surface area contributed by atoms with Gasteiger partial charge in [-0.15, -0.1) is 11.8 Å². The number of amides is 1. The molecule has 0 radical (unpaired) electrons. The highest BCUT2D eigenvalue weighted by Gasteiger charge is 2.12. The SMILES string of the molecule is COc1ccc(F)cc1CSCC(=O)Nc1c(Cl)ccc(C)c1Cl. The minimum Gasteiger partial charge on any atom is -0.496 e. The Morgan fingerprint density at radius 1 is 1.29 bits per heavy atom. The number of anilines is 1. The topological polar surface area (TPSA) is 38.3 Å². The van der Waals surface area contributed by atoms with Gasteiger partial charge in [-0.1, -0.05) is 29.3 Å². The van der Waals surface area contributed by atoms with Crippen LogP contribution in [0.15, 0.2) is 30.3 Å². The van der Waals surface area contributed by atoms with Gasteiger partial charge in [-0.05, 0) is 36.8 Å². The zero-order chi connectivity index (χ0) is 17.7. The van der Waals surface area contributed by atoms with E-state index < -0.39 is 0 Å². The van der Waals surface area contributed by atoms with Crippen LogP contribution in [0.4, 0.5) is 10.1 Å². The highest BCUT2D eigenvalue weighted by Crippen LogP contribution is 2.33. The van der Waals surface area contributed by atoms with Crippen LogP contribution in [-0.2, 0) is 10.5 Å². The van der Waals surface area contributed by atoms with Crippen molar-refractivity contribution in [2.75, 3.05) is 18.2 Å². The van der Waals surface area contributed by atoms with E-state index >= 15 is 0 Å². The molecule has 0 bridgehead atoms. The van der Waals surface area contributed by atoms with Gasteiger partial charge in [-0.2, -0.15) is 0 Å². The van der Waals surface area contributed by atoms with Gasteiger partial charge in [0.15, 0.2) is 0 Å². The molecule has 0 unspecified atom stereocenters. The van der Waals surface area contributed by atoms with Crippen LogP contribution in [0.5, 0.6) is 5.75 Å². The summed E-state index contributed by atoms with van der Waals surface area (Å²) in [5, 5.41) is 3.53. The van der Waals surface area contributed by atoms with Crippen molar-refractivity contribution in [2.24, 2.45) is 0 Å². The van der Waals surface area contributed by atoms with Crippen LogP contribution in [0.25, 0.3) is 0 Å². The van der Waals surface area contributed by atoms with Crippen molar-refractivity contribution in [3.63, 3.8) is 0 Å². The number of carbonyl (C=O) groups is 1. The maximum Gasteiger partial charge on any atom is 0.234 e. The standard InChI is InChI=1S/C17H16Cl2FNO2S/c1-10-3-5-13(18)17(16(10)19)21-15(22)9-24-8-11-7-12(20)4-6-14(11)23-2/h3-7H,8-9H2,1-2H3,(H,21,22). The molecule has 0 aliphatic heterocycles. The van der Waals surface area contributed by atoms with Crippen LogP contribution in [0.3, 0.4) is 0 Å². The highest BCUT2D eigenvalue weighted by molar-refractivity contribution is 7.99. The third kappa shape index (κ3) is 4.79. The first-order valence-corrected chi connectivity index (χ1v) is 8.98. The van der Waals surface area contributed by atoms with Gasteiger partial charge in [0.25, 0.3) is 0 Å². The number of methoxy groups -OCH3 is 1. The van der Waals surface area contributed by atoms with Crippen molar-refractivity contribution in [1.82, 2.24) is 0 Å². The fourth-order valence-corrected chi connectivity index (χ4v) is 3.33. The van der Waals surface area contributed by atoms with Crippen LogP contribution < -0.4 is 10.1 Å². The minimum atomic E-state index is -0.339. The Morgan fingerprint density at radius 2 is 2.04 bits per heavy atom. The lowest BCUT2D eigenvalue weighted by Gasteiger charge is -2.11. The van der Waals surface area contributed by atoms with Gasteiger partial charge >= 0.3 is 0 Å². The highest BCUT2D eigenvalue weighted by atomic mass is 35.5. The molecule has 24 heavy (non-hydrogen) atoms. The van der Waals surface area contributed by atoms with E-state index in [1.807, 2.05) is 6.92 Å². The zero-order valence-corrected chi connectivity index (χ0v) is 15.5. The molecule has 7 heteroatoms. The number of hydrogen-bond donors (Lipinski definition) is 1. The van der Waals surface area contributed by atoms with E-state index in [2.05, 4.69) is 5.32 Å². The Hall–Kier alpha value is -1.43. The third-order valence-corrected chi connectivity index (χ3v) is 5.07. The summed E-state index contributed by atoms with van der Waals surface area (Å²) >= 11 is 13.6. The largest absolute Gasteiger partial charge is 0.496 e. The second-order valence-corrected chi connectivity index (χ2v) is 6.82. The third-order valence-electron chi connectivity index (χ3n) is 3.28. The lowest BCUT2D eigenvalue weighted by Crippen LogP contribution is -2.15. The molecule has 0 saturated carbocycles. The first-order chi connectivity index (χ1) is 11.4. The fraction of sp³-hybridized carbons (Fsp3) is 0.235. The summed E-state index contributed by atoms with van der Waals surface area (Å²) < 4.78 is 18.5. The van der Waals surface area contributed by atoms with E-state index in [9.17, 15) is 9.18 Å². The number of aryl methyl sites for hydroxylation is 1. The van der Waals surface area contributed by atoms with Gasteiger partial charge in [0, 0.05) is 11.3 Å². The average molecular weight is 388 g/mol. The molecule has 0 spiro atoms. The molecule has 2 aromatic rings. The van der Waals surface area contributed by atoms with E-state index in [4.69, 9.17) is 27.9 Å². The molecular weight excluding hydrogens is 372 g/mol. The second kappa shape index (κ2) is 8.60. The molecule has 0 saturated heterocycles. The van der Waals surface area contributed by atoms with E-state index in [0.29, 0.717) is 32.8 Å². The number of halogens is 3. The Kier molecular flexibility index (Phi) is 6.78. The number of rotatable bonds is 6. The first-order valence-electron chi connectivity index (χ1n) is 7.07. The first kappa shape index (κ1) is 18.9. The number of nitrogens with one attached hydrogen (secondary N) is 1. The average Bonchev–Trinajstić information content (AvgIpc) is 2.55. The Labute approximate surface area is 154 Å². The molecule has 0 atom stereocenters. The van der Waals surface area contributed by atoms with Gasteiger partial charge in [-0.3, -0.25) is 4.79 Å². The maximum absolute atomic E-state index is 13.3. The molecule has 2 rings (SSSR count). The summed E-state index contributed by atoms with van der Waals surface area (Å²) in [7, 11) is 1.52. The molecule has 128 valence electrons. The lowest BCUT2D eigenvalue weighted by atomic mass is 10.2. The predicted octanol–water partition coefficient (Wildman–Crippen LogP) is 5.32. The molecule has 2 aromatic carbocycles.